The van der Waals surface area contributed by atoms with Gasteiger partial charge in [-0.1, -0.05) is 56.2 Å². The van der Waals surface area contributed by atoms with E-state index in [4.69, 9.17) is 11.6 Å². The minimum absolute atomic E-state index is 0.167. The Morgan fingerprint density at radius 2 is 1.86 bits per heavy atom. The number of amides is 1. The smallest absolute Gasteiger partial charge is 0.237 e. The van der Waals surface area contributed by atoms with E-state index < -0.39 is 5.60 Å². The Morgan fingerprint density at radius 3 is 2.62 bits per heavy atom. The molecule has 0 aromatic heterocycles. The predicted molar refractivity (Wildman–Crippen MR) is 117 cm³/mol. The first-order chi connectivity index (χ1) is 14.1. The van der Waals surface area contributed by atoms with Gasteiger partial charge in [-0.3, -0.25) is 4.79 Å². The molecule has 1 heterocycles. The Bertz CT molecular complexity index is 711. The molecule has 0 bridgehead atoms. The molecule has 0 saturated heterocycles. The molecule has 2 fully saturated rings. The molecule has 1 aromatic rings. The highest BCUT2D eigenvalue weighted by Gasteiger charge is 2.37. The lowest BCUT2D eigenvalue weighted by atomic mass is 9.77. The van der Waals surface area contributed by atoms with Crippen LogP contribution < -0.4 is 5.32 Å². The van der Waals surface area contributed by atoms with Gasteiger partial charge < -0.3 is 15.3 Å². The Morgan fingerprint density at radius 1 is 1.14 bits per heavy atom. The summed E-state index contributed by atoms with van der Waals surface area (Å²) in [5.74, 6) is 0.705. The Kier molecular flexibility index (Phi) is 6.83. The molecule has 4 rings (SSSR count). The summed E-state index contributed by atoms with van der Waals surface area (Å²) in [4.78, 5) is 15.3. The first-order valence-corrected chi connectivity index (χ1v) is 11.9. The number of nitrogens with one attached hydrogen (secondary N) is 1. The Balaban J connectivity index is 1.45. The average molecular weight is 419 g/mol. The van der Waals surface area contributed by atoms with Gasteiger partial charge in [-0.05, 0) is 61.3 Å². The van der Waals surface area contributed by atoms with Crippen molar-refractivity contribution < 1.29 is 9.90 Å². The van der Waals surface area contributed by atoms with Crippen LogP contribution in [0, 0.1) is 5.92 Å². The van der Waals surface area contributed by atoms with E-state index in [1.165, 1.54) is 49.7 Å². The summed E-state index contributed by atoms with van der Waals surface area (Å²) in [7, 11) is 0. The third-order valence-electron chi connectivity index (χ3n) is 7.31. The summed E-state index contributed by atoms with van der Waals surface area (Å²) < 4.78 is 0. The van der Waals surface area contributed by atoms with Crippen molar-refractivity contribution in [1.82, 2.24) is 10.2 Å². The molecule has 2 aliphatic carbocycles. The molecule has 0 radical (unpaired) electrons. The number of carbonyl (C=O) groups excluding carboxylic acids is 1. The van der Waals surface area contributed by atoms with E-state index >= 15 is 0 Å². The number of fused-ring (bicyclic) bond motifs is 1. The molecule has 1 unspecified atom stereocenters. The van der Waals surface area contributed by atoms with Crippen molar-refractivity contribution in [1.29, 1.82) is 0 Å². The number of nitrogens with zero attached hydrogens (tertiary/aromatic N) is 1. The highest BCUT2D eigenvalue weighted by Crippen LogP contribution is 2.42. The van der Waals surface area contributed by atoms with Gasteiger partial charge in [0.25, 0.3) is 0 Å². The van der Waals surface area contributed by atoms with Gasteiger partial charge in [-0.25, -0.2) is 0 Å². The monoisotopic (exact) mass is 418 g/mol. The number of hydrogen-bond acceptors (Lipinski definition) is 3. The molecule has 2 saturated carbocycles. The molecule has 1 amide bonds. The van der Waals surface area contributed by atoms with Crippen LogP contribution in [0.25, 0.3) is 0 Å². The van der Waals surface area contributed by atoms with Crippen molar-refractivity contribution in [2.45, 2.75) is 82.3 Å². The maximum atomic E-state index is 13.2. The lowest BCUT2D eigenvalue weighted by Gasteiger charge is -2.43. The highest BCUT2D eigenvalue weighted by molar-refractivity contribution is 6.30. The van der Waals surface area contributed by atoms with Crippen LogP contribution in [-0.2, 0) is 11.2 Å². The minimum Gasteiger partial charge on any atom is -0.389 e. The zero-order valence-electron chi connectivity index (χ0n) is 17.5. The number of benzene rings is 1. The SMILES string of the molecule is O=C(CNCC1(O)CCCCC1)N1CCc2cc(Cl)ccc2C1C1CCCCC1. The van der Waals surface area contributed by atoms with Crippen LogP contribution in [0.5, 0.6) is 0 Å². The van der Waals surface area contributed by atoms with Crippen LogP contribution in [0.3, 0.4) is 0 Å². The van der Waals surface area contributed by atoms with Gasteiger partial charge in [0.2, 0.25) is 5.91 Å². The molecular formula is C24H35ClN2O2. The number of carbonyl (C=O) groups is 1. The largest absolute Gasteiger partial charge is 0.389 e. The third-order valence-corrected chi connectivity index (χ3v) is 7.55. The van der Waals surface area contributed by atoms with Crippen molar-refractivity contribution in [3.8, 4) is 0 Å². The zero-order chi connectivity index (χ0) is 20.3. The fourth-order valence-electron chi connectivity index (χ4n) is 5.76. The number of aliphatic hydroxyl groups is 1. The van der Waals surface area contributed by atoms with Crippen molar-refractivity contribution in [2.75, 3.05) is 19.6 Å². The van der Waals surface area contributed by atoms with E-state index in [0.717, 1.165) is 43.7 Å². The summed E-state index contributed by atoms with van der Waals surface area (Å²) in [5.41, 5.74) is 1.97. The topological polar surface area (TPSA) is 52.6 Å². The predicted octanol–water partition coefficient (Wildman–Crippen LogP) is 4.63. The van der Waals surface area contributed by atoms with E-state index in [1.54, 1.807) is 0 Å². The molecular weight excluding hydrogens is 384 g/mol. The minimum atomic E-state index is -0.632. The van der Waals surface area contributed by atoms with Gasteiger partial charge in [0.05, 0.1) is 18.2 Å². The second kappa shape index (κ2) is 9.36. The van der Waals surface area contributed by atoms with Gasteiger partial charge in [-0.15, -0.1) is 0 Å². The van der Waals surface area contributed by atoms with Crippen molar-refractivity contribution in [2.24, 2.45) is 5.92 Å². The summed E-state index contributed by atoms with van der Waals surface area (Å²) in [5, 5.41) is 14.8. The van der Waals surface area contributed by atoms with Gasteiger partial charge in [-0.2, -0.15) is 0 Å². The molecule has 1 aromatic carbocycles. The summed E-state index contributed by atoms with van der Waals surface area (Å²) in [6, 6.07) is 6.38. The lowest BCUT2D eigenvalue weighted by molar-refractivity contribution is -0.135. The van der Waals surface area contributed by atoms with Crippen LogP contribution in [0.15, 0.2) is 18.2 Å². The number of rotatable bonds is 5. The zero-order valence-corrected chi connectivity index (χ0v) is 18.2. The molecule has 1 atom stereocenters. The van der Waals surface area contributed by atoms with Gasteiger partial charge in [0.15, 0.2) is 0 Å². The molecule has 0 spiro atoms. The van der Waals surface area contributed by atoms with Crippen LogP contribution >= 0.6 is 11.6 Å². The first kappa shape index (κ1) is 21.1. The summed E-state index contributed by atoms with van der Waals surface area (Å²) in [6.45, 7) is 1.60. The molecule has 2 N–H and O–H groups in total. The van der Waals surface area contributed by atoms with Crippen LogP contribution in [0.4, 0.5) is 0 Å². The summed E-state index contributed by atoms with van der Waals surface area (Å²) in [6.07, 6.45) is 12.2. The van der Waals surface area contributed by atoms with E-state index in [1.807, 2.05) is 6.07 Å². The van der Waals surface area contributed by atoms with Crippen LogP contribution in [0.2, 0.25) is 5.02 Å². The van der Waals surface area contributed by atoms with Crippen molar-refractivity contribution in [3.05, 3.63) is 34.3 Å². The quantitative estimate of drug-likeness (QED) is 0.732. The van der Waals surface area contributed by atoms with Crippen molar-refractivity contribution in [3.63, 3.8) is 0 Å². The Hall–Kier alpha value is -1.10. The second-order valence-corrected chi connectivity index (χ2v) is 9.85. The van der Waals surface area contributed by atoms with Crippen LogP contribution in [0.1, 0.15) is 81.4 Å². The van der Waals surface area contributed by atoms with Gasteiger partial charge in [0, 0.05) is 18.1 Å². The molecule has 4 nitrogen and oxygen atoms in total. The second-order valence-electron chi connectivity index (χ2n) is 9.41. The van der Waals surface area contributed by atoms with Gasteiger partial charge in [0.1, 0.15) is 0 Å². The maximum Gasteiger partial charge on any atom is 0.237 e. The van der Waals surface area contributed by atoms with E-state index in [0.29, 0.717) is 19.0 Å². The van der Waals surface area contributed by atoms with Crippen LogP contribution in [-0.4, -0.2) is 41.1 Å². The average Bonchev–Trinajstić information content (AvgIpc) is 2.73. The molecule has 3 aliphatic rings. The molecule has 160 valence electrons. The Labute approximate surface area is 180 Å². The first-order valence-electron chi connectivity index (χ1n) is 11.6. The summed E-state index contributed by atoms with van der Waals surface area (Å²) >= 11 is 6.25. The number of halogens is 1. The van der Waals surface area contributed by atoms with E-state index in [9.17, 15) is 9.90 Å². The third kappa shape index (κ3) is 4.98. The van der Waals surface area contributed by atoms with Crippen molar-refractivity contribution >= 4 is 17.5 Å². The lowest BCUT2D eigenvalue weighted by Crippen LogP contribution is -2.49. The standard InChI is InChI=1S/C24H35ClN2O2/c25-20-9-10-21-19(15-20)11-14-27(23(21)18-7-3-1-4-8-18)22(28)16-26-17-24(29)12-5-2-6-13-24/h9-10,15,18,23,26,29H,1-8,11-14,16-17H2. The highest BCUT2D eigenvalue weighted by atomic mass is 35.5. The fraction of sp³-hybridized carbons (Fsp3) is 0.708. The molecule has 1 aliphatic heterocycles. The molecule has 29 heavy (non-hydrogen) atoms. The van der Waals surface area contributed by atoms with E-state index in [2.05, 4.69) is 22.3 Å². The molecule has 5 heteroatoms. The normalized spacial score (nSPS) is 24.9. The van der Waals surface area contributed by atoms with Gasteiger partial charge >= 0.3 is 0 Å². The van der Waals surface area contributed by atoms with E-state index in [-0.39, 0.29) is 11.9 Å². The maximum absolute atomic E-state index is 13.2. The fourth-order valence-corrected chi connectivity index (χ4v) is 5.95. The number of hydrogen-bond donors (Lipinski definition) is 2.